The summed E-state index contributed by atoms with van der Waals surface area (Å²) in [7, 11) is 0. The molecular formula is C12H19NO3. The van der Waals surface area contributed by atoms with Gasteiger partial charge in [0.2, 0.25) is 0 Å². The lowest BCUT2D eigenvalue weighted by molar-refractivity contribution is -0.138. The molecule has 0 aliphatic heterocycles. The molecule has 3 atom stereocenters. The van der Waals surface area contributed by atoms with Crippen LogP contribution in [0.4, 0.5) is 0 Å². The van der Waals surface area contributed by atoms with Crippen LogP contribution in [0.2, 0.25) is 0 Å². The van der Waals surface area contributed by atoms with Crippen LogP contribution >= 0.6 is 0 Å². The summed E-state index contributed by atoms with van der Waals surface area (Å²) in [6.07, 6.45) is 3.88. The van der Waals surface area contributed by atoms with E-state index < -0.39 is 5.97 Å². The molecule has 0 aromatic carbocycles. The number of aliphatic carboxylic acids is 1. The summed E-state index contributed by atoms with van der Waals surface area (Å²) < 4.78 is 0. The van der Waals surface area contributed by atoms with Crippen LogP contribution in [0.5, 0.6) is 0 Å². The van der Waals surface area contributed by atoms with E-state index in [1.807, 2.05) is 0 Å². The first kappa shape index (κ1) is 11.4. The van der Waals surface area contributed by atoms with E-state index in [0.717, 1.165) is 25.0 Å². The van der Waals surface area contributed by atoms with E-state index in [-0.39, 0.29) is 17.3 Å². The van der Waals surface area contributed by atoms with Gasteiger partial charge in [-0.05, 0) is 37.0 Å². The fourth-order valence-electron chi connectivity index (χ4n) is 3.78. The van der Waals surface area contributed by atoms with Gasteiger partial charge in [-0.15, -0.1) is 0 Å². The molecular weight excluding hydrogens is 206 g/mol. The van der Waals surface area contributed by atoms with Crippen LogP contribution in [0.15, 0.2) is 5.16 Å². The third kappa shape index (κ3) is 1.28. The molecule has 4 heteroatoms. The molecule has 0 aromatic rings. The minimum atomic E-state index is -0.737. The SMILES string of the molecule is C[C@]12CC[C@H](C/C1=N/O)[C@@]2(C)CCC(=O)O. The first-order valence-corrected chi connectivity index (χ1v) is 5.87. The van der Waals surface area contributed by atoms with E-state index in [1.165, 1.54) is 0 Å². The van der Waals surface area contributed by atoms with Crippen molar-refractivity contribution in [2.45, 2.75) is 46.0 Å². The monoisotopic (exact) mass is 225 g/mol. The van der Waals surface area contributed by atoms with Crippen molar-refractivity contribution in [1.82, 2.24) is 0 Å². The largest absolute Gasteiger partial charge is 0.481 e. The Morgan fingerprint density at radius 3 is 2.75 bits per heavy atom. The highest BCUT2D eigenvalue weighted by Crippen LogP contribution is 2.66. The van der Waals surface area contributed by atoms with Gasteiger partial charge in [-0.2, -0.15) is 0 Å². The molecule has 2 aliphatic carbocycles. The quantitative estimate of drug-likeness (QED) is 0.572. The zero-order valence-corrected chi connectivity index (χ0v) is 9.86. The van der Waals surface area contributed by atoms with Crippen LogP contribution in [0.25, 0.3) is 0 Å². The molecule has 0 saturated heterocycles. The molecule has 0 amide bonds. The molecule has 2 N–H and O–H groups in total. The number of carbonyl (C=O) groups is 1. The second-order valence-electron chi connectivity index (χ2n) is 5.63. The Labute approximate surface area is 95.3 Å². The first-order chi connectivity index (χ1) is 7.44. The summed E-state index contributed by atoms with van der Waals surface area (Å²) in [5.74, 6) is -0.249. The van der Waals surface area contributed by atoms with Crippen LogP contribution in [0, 0.1) is 16.7 Å². The Hall–Kier alpha value is -1.06. The lowest BCUT2D eigenvalue weighted by Crippen LogP contribution is -2.35. The molecule has 2 bridgehead atoms. The predicted molar refractivity (Wildman–Crippen MR) is 59.6 cm³/mol. The van der Waals surface area contributed by atoms with Gasteiger partial charge in [0, 0.05) is 11.8 Å². The van der Waals surface area contributed by atoms with Crippen molar-refractivity contribution in [3.05, 3.63) is 0 Å². The number of carboxylic acids is 1. The zero-order valence-electron chi connectivity index (χ0n) is 9.86. The van der Waals surface area contributed by atoms with Crippen molar-refractivity contribution < 1.29 is 15.1 Å². The molecule has 4 nitrogen and oxygen atoms in total. The van der Waals surface area contributed by atoms with E-state index in [2.05, 4.69) is 19.0 Å². The summed E-state index contributed by atoms with van der Waals surface area (Å²) >= 11 is 0. The van der Waals surface area contributed by atoms with Crippen molar-refractivity contribution in [3.8, 4) is 0 Å². The average molecular weight is 225 g/mol. The number of hydrogen-bond donors (Lipinski definition) is 2. The highest BCUT2D eigenvalue weighted by molar-refractivity contribution is 5.94. The number of oxime groups is 1. The molecule has 0 aromatic heterocycles. The molecule has 0 spiro atoms. The predicted octanol–water partition coefficient (Wildman–Crippen LogP) is 2.51. The maximum atomic E-state index is 10.7. The van der Waals surface area contributed by atoms with E-state index in [4.69, 9.17) is 10.3 Å². The second-order valence-corrected chi connectivity index (χ2v) is 5.63. The van der Waals surface area contributed by atoms with Crippen LogP contribution in [0.3, 0.4) is 0 Å². The molecule has 2 aliphatic rings. The van der Waals surface area contributed by atoms with Crippen molar-refractivity contribution in [1.29, 1.82) is 0 Å². The third-order valence-corrected chi connectivity index (χ3v) is 5.21. The van der Waals surface area contributed by atoms with Crippen LogP contribution in [-0.2, 0) is 4.79 Å². The lowest BCUT2D eigenvalue weighted by atomic mass is 9.66. The maximum absolute atomic E-state index is 10.7. The molecule has 0 radical (unpaired) electrons. The number of fused-ring (bicyclic) bond motifs is 2. The minimum absolute atomic E-state index is 0.00699. The topological polar surface area (TPSA) is 69.9 Å². The number of nitrogens with zero attached hydrogens (tertiary/aromatic N) is 1. The van der Waals surface area contributed by atoms with Gasteiger partial charge in [0.1, 0.15) is 0 Å². The maximum Gasteiger partial charge on any atom is 0.303 e. The number of carboxylic acid groups (broad SMARTS) is 1. The highest BCUT2D eigenvalue weighted by atomic mass is 16.4. The summed E-state index contributed by atoms with van der Waals surface area (Å²) in [4.78, 5) is 10.7. The van der Waals surface area contributed by atoms with Crippen LogP contribution < -0.4 is 0 Å². The standard InChI is InChI=1S/C12H19NO3/c1-11(6-4-10(14)15)8-3-5-12(11,2)9(7-8)13-16/h8,16H,3-7H2,1-2H3,(H,14,15)/b13-9-/t8-,11-,12+/m1/s1. The highest BCUT2D eigenvalue weighted by Gasteiger charge is 2.62. The number of hydrogen-bond acceptors (Lipinski definition) is 3. The fourth-order valence-corrected chi connectivity index (χ4v) is 3.78. The normalized spacial score (nSPS) is 44.1. The van der Waals surface area contributed by atoms with Crippen molar-refractivity contribution >= 4 is 11.7 Å². The van der Waals surface area contributed by atoms with Gasteiger partial charge in [0.15, 0.2) is 0 Å². The molecule has 0 heterocycles. The molecule has 0 unspecified atom stereocenters. The Kier molecular flexibility index (Phi) is 2.48. The summed E-state index contributed by atoms with van der Waals surface area (Å²) in [6, 6.07) is 0. The number of rotatable bonds is 3. The Morgan fingerprint density at radius 1 is 1.56 bits per heavy atom. The summed E-state index contributed by atoms with van der Waals surface area (Å²) in [5, 5.41) is 21.3. The van der Waals surface area contributed by atoms with Gasteiger partial charge in [0.25, 0.3) is 0 Å². The average Bonchev–Trinajstić information content (AvgIpc) is 2.60. The summed E-state index contributed by atoms with van der Waals surface area (Å²) in [5.41, 5.74) is 0.770. The zero-order chi connectivity index (χ0) is 12.0. The fraction of sp³-hybridized carbons (Fsp3) is 0.833. The smallest absolute Gasteiger partial charge is 0.303 e. The van der Waals surface area contributed by atoms with Gasteiger partial charge in [0.05, 0.1) is 5.71 Å². The van der Waals surface area contributed by atoms with Crippen molar-refractivity contribution in [2.75, 3.05) is 0 Å². The first-order valence-electron chi connectivity index (χ1n) is 5.87. The van der Waals surface area contributed by atoms with Gasteiger partial charge < -0.3 is 10.3 Å². The van der Waals surface area contributed by atoms with Gasteiger partial charge in [-0.1, -0.05) is 19.0 Å². The molecule has 16 heavy (non-hydrogen) atoms. The van der Waals surface area contributed by atoms with E-state index >= 15 is 0 Å². The van der Waals surface area contributed by atoms with Gasteiger partial charge in [-0.25, -0.2) is 0 Å². The summed E-state index contributed by atoms with van der Waals surface area (Å²) in [6.45, 7) is 4.28. The Bertz CT molecular complexity index is 352. The van der Waals surface area contributed by atoms with E-state index in [0.29, 0.717) is 12.3 Å². The van der Waals surface area contributed by atoms with Crippen molar-refractivity contribution in [3.63, 3.8) is 0 Å². The molecule has 2 saturated carbocycles. The van der Waals surface area contributed by atoms with Crippen molar-refractivity contribution in [2.24, 2.45) is 21.9 Å². The van der Waals surface area contributed by atoms with Crippen LogP contribution in [-0.4, -0.2) is 22.0 Å². The van der Waals surface area contributed by atoms with Crippen LogP contribution in [0.1, 0.15) is 46.0 Å². The third-order valence-electron chi connectivity index (χ3n) is 5.21. The Balaban J connectivity index is 2.25. The van der Waals surface area contributed by atoms with E-state index in [9.17, 15) is 4.79 Å². The molecule has 2 rings (SSSR count). The van der Waals surface area contributed by atoms with Gasteiger partial charge >= 0.3 is 5.97 Å². The molecule has 90 valence electrons. The lowest BCUT2D eigenvalue weighted by Gasteiger charge is -2.37. The minimum Gasteiger partial charge on any atom is -0.481 e. The van der Waals surface area contributed by atoms with Gasteiger partial charge in [-0.3, -0.25) is 4.79 Å². The second kappa shape index (κ2) is 3.47. The molecule has 2 fully saturated rings. The van der Waals surface area contributed by atoms with E-state index in [1.54, 1.807) is 0 Å². The Morgan fingerprint density at radius 2 is 2.25 bits per heavy atom.